The molecule has 0 aromatic carbocycles. The van der Waals surface area contributed by atoms with E-state index in [-0.39, 0.29) is 4.70 Å². The third-order valence-corrected chi connectivity index (χ3v) is 2.59. The van der Waals surface area contributed by atoms with Crippen LogP contribution in [0.2, 0.25) is 0 Å². The second-order valence-electron chi connectivity index (χ2n) is 4.72. The molecule has 1 aromatic rings. The summed E-state index contributed by atoms with van der Waals surface area (Å²) in [6.45, 7) is 3.44. The monoisotopic (exact) mass is 340 g/mol. The van der Waals surface area contributed by atoms with Crippen molar-refractivity contribution in [3.05, 3.63) is 18.7 Å². The van der Waals surface area contributed by atoms with Crippen LogP contribution in [0.1, 0.15) is 45.4 Å². The van der Waals surface area contributed by atoms with E-state index in [2.05, 4.69) is 41.8 Å². The summed E-state index contributed by atoms with van der Waals surface area (Å²) in [6, 6.07) is 0. The second kappa shape index (κ2) is 10.0. The summed E-state index contributed by atoms with van der Waals surface area (Å²) in [6.07, 6.45) is 14.6. The summed E-state index contributed by atoms with van der Waals surface area (Å²) >= 11 is 0. The molecule has 0 amide bonds. The second-order valence-corrected chi connectivity index (χ2v) is 6.00. The van der Waals surface area contributed by atoms with Crippen LogP contribution in [0.25, 0.3) is 0 Å². The third kappa shape index (κ3) is 21.7. The van der Waals surface area contributed by atoms with Crippen molar-refractivity contribution in [1.82, 2.24) is 4.57 Å². The van der Waals surface area contributed by atoms with E-state index in [4.69, 9.17) is 0 Å². The average molecular weight is 340 g/mol. The van der Waals surface area contributed by atoms with Gasteiger partial charge in [0.15, 0.2) is 0 Å². The number of halogens is 6. The van der Waals surface area contributed by atoms with Crippen molar-refractivity contribution in [3.63, 3.8) is 0 Å². The molecular formula is C12H23F6N2P. The predicted octanol–water partition coefficient (Wildman–Crippen LogP) is 2.64. The minimum Gasteiger partial charge on any atom is -1.00 e. The Balaban J connectivity index is 0. The van der Waals surface area contributed by atoms with E-state index in [9.17, 15) is 21.0 Å². The minimum atomic E-state index is -8.55. The zero-order valence-electron chi connectivity index (χ0n) is 12.3. The number of aromatic nitrogens is 2. The zero-order valence-corrected chi connectivity index (χ0v) is 13.2. The van der Waals surface area contributed by atoms with Gasteiger partial charge in [-0.2, -0.15) is 0 Å². The number of hydrogen-bond acceptors (Lipinski definition) is 0. The average Bonchev–Trinajstić information content (AvgIpc) is 2.66. The molecule has 0 aliphatic heterocycles. The van der Waals surface area contributed by atoms with E-state index in [1.807, 2.05) is 0 Å². The van der Waals surface area contributed by atoms with E-state index in [0.29, 0.717) is 0 Å². The Bertz CT molecular complexity index is 358. The van der Waals surface area contributed by atoms with Gasteiger partial charge in [0.2, 0.25) is 6.33 Å². The van der Waals surface area contributed by atoms with E-state index < -0.39 is 8.16 Å². The van der Waals surface area contributed by atoms with Gasteiger partial charge in [0.1, 0.15) is 12.4 Å². The molecule has 0 saturated carbocycles. The molecule has 0 spiro atoms. The van der Waals surface area contributed by atoms with Gasteiger partial charge in [0, 0.05) is 0 Å². The predicted molar refractivity (Wildman–Crippen MR) is 71.4 cm³/mol. The Morgan fingerprint density at radius 1 is 0.952 bits per heavy atom. The smallest absolute Gasteiger partial charge is 1.00 e. The molecule has 0 aliphatic carbocycles. The first-order valence-corrected chi connectivity index (χ1v) is 8.37. The molecule has 0 aliphatic rings. The molecule has 0 fully saturated rings. The van der Waals surface area contributed by atoms with Crippen molar-refractivity contribution in [3.8, 4) is 0 Å². The Morgan fingerprint density at radius 3 is 1.86 bits per heavy atom. The molecule has 128 valence electrons. The van der Waals surface area contributed by atoms with Crippen molar-refractivity contribution in [2.24, 2.45) is 7.05 Å². The molecule has 0 radical (unpaired) electrons. The topological polar surface area (TPSA) is 8.81 Å². The summed E-state index contributed by atoms with van der Waals surface area (Å²) in [5.41, 5.74) is 0. The zero-order chi connectivity index (χ0) is 15.7. The number of nitrogens with zero attached hydrogens (tertiary/aromatic N) is 2. The molecule has 0 unspecified atom stereocenters. The van der Waals surface area contributed by atoms with Crippen molar-refractivity contribution < 1.29 is 30.3 Å². The largest absolute Gasteiger partial charge is 1.00 e. The molecule has 1 aromatic heterocycles. The van der Waals surface area contributed by atoms with Crippen molar-refractivity contribution >= 4 is 8.16 Å². The number of unbranched alkanes of at least 4 members (excludes halogenated alkanes) is 5. The third-order valence-electron chi connectivity index (χ3n) is 2.59. The van der Waals surface area contributed by atoms with Crippen LogP contribution in [0.3, 0.4) is 0 Å². The maximum Gasteiger partial charge on any atom is -1.00 e. The fourth-order valence-corrected chi connectivity index (χ4v) is 1.71. The number of imidazole rings is 1. The quantitative estimate of drug-likeness (QED) is 0.312. The Labute approximate surface area is 121 Å². The summed E-state index contributed by atoms with van der Waals surface area (Å²) < 4.78 is 53.6. The van der Waals surface area contributed by atoms with Crippen LogP contribution in [0.15, 0.2) is 18.7 Å². The number of aryl methyl sites for hydroxylation is 2. The fraction of sp³-hybridized carbons (Fsp3) is 0.750. The molecule has 2 nitrogen and oxygen atoms in total. The molecule has 9 heteroatoms. The van der Waals surface area contributed by atoms with Gasteiger partial charge in [-0.3, -0.25) is 0 Å². The summed E-state index contributed by atoms with van der Waals surface area (Å²) in [5, 5.41) is 0. The van der Waals surface area contributed by atoms with Crippen LogP contribution < -0.4 is 9.27 Å². The molecule has 0 atom stereocenters. The molecular weight excluding hydrogens is 317 g/mol. The van der Waals surface area contributed by atoms with Crippen molar-refractivity contribution in [2.45, 2.75) is 52.0 Å². The van der Waals surface area contributed by atoms with E-state index in [1.54, 1.807) is 0 Å². The minimum absolute atomic E-state index is 0. The van der Waals surface area contributed by atoms with Crippen LogP contribution >= 0.6 is 8.16 Å². The first kappa shape index (κ1) is 22.5. The van der Waals surface area contributed by atoms with Gasteiger partial charge in [-0.15, -0.1) is 0 Å². The molecule has 1 heterocycles. The first-order valence-electron chi connectivity index (χ1n) is 6.68. The van der Waals surface area contributed by atoms with Crippen LogP contribution in [0, 0.1) is 0 Å². The summed E-state index contributed by atoms with van der Waals surface area (Å²) in [5.74, 6) is 0. The molecule has 21 heavy (non-hydrogen) atoms. The number of rotatable bonds is 7. The maximum atomic E-state index is 9.84. The molecule has 1 rings (SSSR count). The van der Waals surface area contributed by atoms with Gasteiger partial charge in [0.05, 0.1) is 13.6 Å². The van der Waals surface area contributed by atoms with E-state index >= 15 is 0 Å². The maximum absolute atomic E-state index is 9.84. The van der Waals surface area contributed by atoms with Crippen LogP contribution in [0.4, 0.5) is 21.0 Å². The van der Waals surface area contributed by atoms with E-state index in [0.717, 1.165) is 0 Å². The standard InChI is InChI=1S/C12H23N2.F5P.FH/c1-3-4-5-6-7-8-9-14-11-10-13(2)12-14;1-6(2,3,4)5;/h10-12H,3-9H2,1-2H3;;1H/q+1;;/p-1. The SMILES string of the molecule is CCCCCCCCn1cc[n+](C)c1.FP(F)(F)(F)F.[F-]. The summed E-state index contributed by atoms with van der Waals surface area (Å²) in [7, 11) is -6.48. The number of hydrogen-bond donors (Lipinski definition) is 0. The Hall–Kier alpha value is -0.780. The van der Waals surface area contributed by atoms with Gasteiger partial charge >= 0.3 is 29.1 Å². The molecule has 0 N–H and O–H groups in total. The summed E-state index contributed by atoms with van der Waals surface area (Å²) in [4.78, 5) is 0. The fourth-order valence-electron chi connectivity index (χ4n) is 1.71. The van der Waals surface area contributed by atoms with Crippen molar-refractivity contribution in [1.29, 1.82) is 0 Å². The Morgan fingerprint density at radius 2 is 1.43 bits per heavy atom. The van der Waals surface area contributed by atoms with Gasteiger partial charge in [-0.05, 0) is 12.8 Å². The van der Waals surface area contributed by atoms with E-state index in [1.165, 1.54) is 45.1 Å². The van der Waals surface area contributed by atoms with Gasteiger partial charge < -0.3 is 4.70 Å². The van der Waals surface area contributed by atoms with Crippen molar-refractivity contribution in [2.75, 3.05) is 0 Å². The van der Waals surface area contributed by atoms with Gasteiger partial charge in [-0.25, -0.2) is 9.13 Å². The van der Waals surface area contributed by atoms with Crippen LogP contribution in [-0.2, 0) is 13.6 Å². The van der Waals surface area contributed by atoms with Gasteiger partial charge in [0.25, 0.3) is 0 Å². The first-order chi connectivity index (χ1) is 9.06. The molecule has 0 bridgehead atoms. The van der Waals surface area contributed by atoms with Crippen LogP contribution in [0.5, 0.6) is 0 Å². The normalized spacial score (nSPS) is 12.6. The van der Waals surface area contributed by atoms with Gasteiger partial charge in [-0.1, -0.05) is 32.6 Å². The van der Waals surface area contributed by atoms with Crippen LogP contribution in [-0.4, -0.2) is 4.57 Å². The Kier molecular flexibility index (Phi) is 10.7. The molecule has 0 saturated heterocycles.